The Balaban J connectivity index is 2.92. The molecular formula is C10H19N3O2S. The Kier molecular flexibility index (Phi) is 4.52. The molecule has 92 valence electrons. The Morgan fingerprint density at radius 2 is 2.00 bits per heavy atom. The van der Waals surface area contributed by atoms with Gasteiger partial charge in [-0.05, 0) is 12.6 Å². The van der Waals surface area contributed by atoms with Gasteiger partial charge in [0.15, 0.2) is 0 Å². The highest BCUT2D eigenvalue weighted by Gasteiger charge is 2.15. The Morgan fingerprint density at radius 3 is 2.56 bits per heavy atom. The van der Waals surface area contributed by atoms with Crippen LogP contribution in [0.15, 0.2) is 17.2 Å². The second kappa shape index (κ2) is 5.47. The minimum Gasteiger partial charge on any atom is -0.352 e. The van der Waals surface area contributed by atoms with Crippen LogP contribution in [0.5, 0.6) is 0 Å². The van der Waals surface area contributed by atoms with E-state index in [9.17, 15) is 8.42 Å². The van der Waals surface area contributed by atoms with Gasteiger partial charge in [0, 0.05) is 32.0 Å². The minimum absolute atomic E-state index is 0.324. The average molecular weight is 245 g/mol. The number of aromatic nitrogens is 1. The lowest BCUT2D eigenvalue weighted by molar-refractivity contribution is 0.584. The van der Waals surface area contributed by atoms with Crippen molar-refractivity contribution in [1.29, 1.82) is 0 Å². The summed E-state index contributed by atoms with van der Waals surface area (Å²) in [7, 11) is -1.49. The van der Waals surface area contributed by atoms with Crippen LogP contribution in [0, 0.1) is 0 Å². The van der Waals surface area contributed by atoms with E-state index >= 15 is 0 Å². The predicted octanol–water partition coefficient (Wildman–Crippen LogP) is 0.433. The first-order valence-corrected chi connectivity index (χ1v) is 6.85. The summed E-state index contributed by atoms with van der Waals surface area (Å²) in [6, 6.07) is 1.70. The average Bonchev–Trinajstić information content (AvgIpc) is 2.57. The van der Waals surface area contributed by atoms with E-state index in [1.807, 2.05) is 18.5 Å². The first kappa shape index (κ1) is 13.2. The highest BCUT2D eigenvalue weighted by molar-refractivity contribution is 7.89. The highest BCUT2D eigenvalue weighted by atomic mass is 32.2. The lowest BCUT2D eigenvalue weighted by Gasteiger charge is -2.01. The number of hydrogen-bond donors (Lipinski definition) is 2. The molecule has 0 aliphatic carbocycles. The summed E-state index contributed by atoms with van der Waals surface area (Å²) in [5, 5.41) is 3.17. The third-order valence-corrected chi connectivity index (χ3v) is 3.80. The molecule has 0 amide bonds. The zero-order valence-electron chi connectivity index (χ0n) is 9.95. The molecule has 6 heteroatoms. The number of rotatable bonds is 6. The van der Waals surface area contributed by atoms with E-state index in [0.717, 1.165) is 12.2 Å². The third kappa shape index (κ3) is 3.07. The molecule has 1 aromatic rings. The minimum atomic E-state index is -3.34. The van der Waals surface area contributed by atoms with Gasteiger partial charge in [-0.2, -0.15) is 0 Å². The van der Waals surface area contributed by atoms with Gasteiger partial charge < -0.3 is 9.88 Å². The van der Waals surface area contributed by atoms with Crippen LogP contribution in [0.2, 0.25) is 0 Å². The van der Waals surface area contributed by atoms with E-state index in [-0.39, 0.29) is 0 Å². The smallest absolute Gasteiger partial charge is 0.242 e. The second-order valence-corrected chi connectivity index (χ2v) is 5.33. The van der Waals surface area contributed by atoms with Crippen molar-refractivity contribution in [2.24, 2.45) is 7.05 Å². The van der Waals surface area contributed by atoms with E-state index in [2.05, 4.69) is 10.0 Å². The van der Waals surface area contributed by atoms with Crippen molar-refractivity contribution in [2.75, 3.05) is 13.1 Å². The molecule has 0 aliphatic rings. The maximum Gasteiger partial charge on any atom is 0.242 e. The van der Waals surface area contributed by atoms with Crippen molar-refractivity contribution in [1.82, 2.24) is 14.6 Å². The maximum atomic E-state index is 11.7. The van der Waals surface area contributed by atoms with Gasteiger partial charge in [-0.3, -0.25) is 0 Å². The summed E-state index contributed by atoms with van der Waals surface area (Å²) in [6.07, 6.45) is 1.63. The van der Waals surface area contributed by atoms with Gasteiger partial charge in [0.2, 0.25) is 10.0 Å². The molecule has 0 aromatic carbocycles. The van der Waals surface area contributed by atoms with Crippen molar-refractivity contribution in [3.05, 3.63) is 18.0 Å². The number of hydrogen-bond acceptors (Lipinski definition) is 3. The fraction of sp³-hybridized carbons (Fsp3) is 0.600. The quantitative estimate of drug-likeness (QED) is 0.764. The summed E-state index contributed by atoms with van der Waals surface area (Å²) in [6.45, 7) is 5.72. The molecule has 0 radical (unpaired) electrons. The molecule has 5 nitrogen and oxygen atoms in total. The first-order chi connectivity index (χ1) is 7.51. The molecule has 0 saturated carbocycles. The van der Waals surface area contributed by atoms with Gasteiger partial charge in [0.05, 0.1) is 4.90 Å². The van der Waals surface area contributed by atoms with Gasteiger partial charge in [0.25, 0.3) is 0 Å². The zero-order chi connectivity index (χ0) is 12.2. The van der Waals surface area contributed by atoms with Crippen LogP contribution < -0.4 is 10.0 Å². The van der Waals surface area contributed by atoms with Gasteiger partial charge in [-0.1, -0.05) is 13.8 Å². The summed E-state index contributed by atoms with van der Waals surface area (Å²) < 4.78 is 27.8. The maximum absolute atomic E-state index is 11.7. The fourth-order valence-corrected chi connectivity index (χ4v) is 2.56. The molecule has 1 rings (SSSR count). The largest absolute Gasteiger partial charge is 0.352 e. The summed E-state index contributed by atoms with van der Waals surface area (Å²) >= 11 is 0. The van der Waals surface area contributed by atoms with Crippen LogP contribution in [-0.4, -0.2) is 26.1 Å². The van der Waals surface area contributed by atoms with Crippen molar-refractivity contribution < 1.29 is 8.42 Å². The SMILES string of the molecule is CCNCc1cc(S(=O)(=O)NCC)cn1C. The van der Waals surface area contributed by atoms with Gasteiger partial charge in [0.1, 0.15) is 0 Å². The third-order valence-electron chi connectivity index (χ3n) is 2.28. The molecule has 0 saturated heterocycles. The molecule has 1 aromatic heterocycles. The van der Waals surface area contributed by atoms with Gasteiger partial charge in [-0.25, -0.2) is 13.1 Å². The van der Waals surface area contributed by atoms with E-state index in [1.54, 1.807) is 19.2 Å². The Morgan fingerprint density at radius 1 is 1.31 bits per heavy atom. The zero-order valence-corrected chi connectivity index (χ0v) is 10.8. The summed E-state index contributed by atoms with van der Waals surface area (Å²) in [5.41, 5.74) is 0.957. The number of aryl methyl sites for hydroxylation is 1. The summed E-state index contributed by atoms with van der Waals surface area (Å²) in [4.78, 5) is 0.324. The van der Waals surface area contributed by atoms with Crippen molar-refractivity contribution in [2.45, 2.75) is 25.3 Å². The van der Waals surface area contributed by atoms with E-state index in [0.29, 0.717) is 18.0 Å². The van der Waals surface area contributed by atoms with E-state index in [4.69, 9.17) is 0 Å². The topological polar surface area (TPSA) is 63.1 Å². The van der Waals surface area contributed by atoms with Crippen molar-refractivity contribution in [3.63, 3.8) is 0 Å². The molecule has 0 aliphatic heterocycles. The number of nitrogens with one attached hydrogen (secondary N) is 2. The molecule has 0 unspecified atom stereocenters. The van der Waals surface area contributed by atoms with Crippen LogP contribution >= 0.6 is 0 Å². The molecule has 0 atom stereocenters. The van der Waals surface area contributed by atoms with Crippen molar-refractivity contribution in [3.8, 4) is 0 Å². The van der Waals surface area contributed by atoms with Crippen LogP contribution in [-0.2, 0) is 23.6 Å². The van der Waals surface area contributed by atoms with E-state index in [1.165, 1.54) is 0 Å². The monoisotopic (exact) mass is 245 g/mol. The fourth-order valence-electron chi connectivity index (χ4n) is 1.43. The van der Waals surface area contributed by atoms with Crippen LogP contribution in [0.3, 0.4) is 0 Å². The van der Waals surface area contributed by atoms with Gasteiger partial charge in [-0.15, -0.1) is 0 Å². The number of sulfonamides is 1. The van der Waals surface area contributed by atoms with Crippen LogP contribution in [0.4, 0.5) is 0 Å². The molecule has 0 spiro atoms. The normalized spacial score (nSPS) is 11.9. The van der Waals surface area contributed by atoms with Crippen LogP contribution in [0.25, 0.3) is 0 Å². The van der Waals surface area contributed by atoms with Crippen LogP contribution in [0.1, 0.15) is 19.5 Å². The van der Waals surface area contributed by atoms with E-state index < -0.39 is 10.0 Å². The standard InChI is InChI=1S/C10H19N3O2S/c1-4-11-7-9-6-10(8-13(9)3)16(14,15)12-5-2/h6,8,11-12H,4-5,7H2,1-3H3. The molecule has 0 bridgehead atoms. The molecular weight excluding hydrogens is 226 g/mol. The van der Waals surface area contributed by atoms with Crippen molar-refractivity contribution >= 4 is 10.0 Å². The predicted molar refractivity (Wildman–Crippen MR) is 63.7 cm³/mol. The lowest BCUT2D eigenvalue weighted by atomic mass is 10.4. The Labute approximate surface area is 96.9 Å². The number of nitrogens with zero attached hydrogens (tertiary/aromatic N) is 1. The highest BCUT2D eigenvalue weighted by Crippen LogP contribution is 2.12. The lowest BCUT2D eigenvalue weighted by Crippen LogP contribution is -2.22. The van der Waals surface area contributed by atoms with Gasteiger partial charge >= 0.3 is 0 Å². The molecule has 16 heavy (non-hydrogen) atoms. The second-order valence-electron chi connectivity index (χ2n) is 3.56. The Hall–Kier alpha value is -0.850. The molecule has 0 fully saturated rings. The first-order valence-electron chi connectivity index (χ1n) is 5.37. The molecule has 1 heterocycles. The molecule has 2 N–H and O–H groups in total. The Bertz CT molecular complexity index is 437. The summed E-state index contributed by atoms with van der Waals surface area (Å²) in [5.74, 6) is 0.